The SMILES string of the molecule is CC(C)c1nc(Cn2cc(Br)cn2)cs1. The van der Waals surface area contributed by atoms with Crippen molar-refractivity contribution in [1.29, 1.82) is 0 Å². The molecule has 2 heterocycles. The summed E-state index contributed by atoms with van der Waals surface area (Å²) in [5, 5.41) is 7.49. The average Bonchev–Trinajstić information content (AvgIpc) is 2.76. The Morgan fingerprint density at radius 2 is 2.33 bits per heavy atom. The first-order chi connectivity index (χ1) is 7.15. The van der Waals surface area contributed by atoms with Gasteiger partial charge in [0, 0.05) is 17.5 Å². The van der Waals surface area contributed by atoms with Gasteiger partial charge in [0.2, 0.25) is 0 Å². The van der Waals surface area contributed by atoms with E-state index in [2.05, 4.69) is 45.2 Å². The van der Waals surface area contributed by atoms with Gasteiger partial charge in [-0.15, -0.1) is 11.3 Å². The number of hydrogen-bond acceptors (Lipinski definition) is 3. The summed E-state index contributed by atoms with van der Waals surface area (Å²) in [6.07, 6.45) is 3.74. The lowest BCUT2D eigenvalue weighted by molar-refractivity contribution is 0.671. The van der Waals surface area contributed by atoms with Crippen molar-refractivity contribution in [2.45, 2.75) is 26.3 Å². The predicted octanol–water partition coefficient (Wildman–Crippen LogP) is 3.27. The van der Waals surface area contributed by atoms with Gasteiger partial charge in [-0.1, -0.05) is 13.8 Å². The minimum Gasteiger partial charge on any atom is -0.266 e. The highest BCUT2D eigenvalue weighted by atomic mass is 79.9. The van der Waals surface area contributed by atoms with Crippen molar-refractivity contribution in [3.8, 4) is 0 Å². The van der Waals surface area contributed by atoms with Crippen LogP contribution in [0, 0.1) is 0 Å². The normalized spacial score (nSPS) is 11.2. The van der Waals surface area contributed by atoms with Gasteiger partial charge in [-0.05, 0) is 15.9 Å². The van der Waals surface area contributed by atoms with Gasteiger partial charge in [-0.3, -0.25) is 4.68 Å². The molecule has 2 aromatic rings. The number of halogens is 1. The molecule has 0 atom stereocenters. The van der Waals surface area contributed by atoms with Crippen molar-refractivity contribution in [3.63, 3.8) is 0 Å². The fourth-order valence-corrected chi connectivity index (χ4v) is 2.41. The molecule has 3 nitrogen and oxygen atoms in total. The summed E-state index contributed by atoms with van der Waals surface area (Å²) in [5.41, 5.74) is 1.08. The number of rotatable bonds is 3. The molecule has 0 amide bonds. The van der Waals surface area contributed by atoms with Crippen molar-refractivity contribution >= 4 is 27.3 Å². The molecular weight excluding hydrogens is 274 g/mol. The molecule has 15 heavy (non-hydrogen) atoms. The Morgan fingerprint density at radius 1 is 1.53 bits per heavy atom. The molecule has 0 aromatic carbocycles. The maximum atomic E-state index is 4.56. The molecule has 0 N–H and O–H groups in total. The quantitative estimate of drug-likeness (QED) is 0.867. The largest absolute Gasteiger partial charge is 0.266 e. The van der Waals surface area contributed by atoms with E-state index in [1.54, 1.807) is 17.5 Å². The van der Waals surface area contributed by atoms with E-state index < -0.39 is 0 Å². The Hall–Kier alpha value is -0.680. The lowest BCUT2D eigenvalue weighted by Gasteiger charge is -1.98. The third kappa shape index (κ3) is 2.66. The summed E-state index contributed by atoms with van der Waals surface area (Å²) in [4.78, 5) is 4.56. The summed E-state index contributed by atoms with van der Waals surface area (Å²) >= 11 is 5.09. The minimum atomic E-state index is 0.508. The highest BCUT2D eigenvalue weighted by molar-refractivity contribution is 9.10. The zero-order valence-corrected chi connectivity index (χ0v) is 11.0. The van der Waals surface area contributed by atoms with Gasteiger partial charge in [0.25, 0.3) is 0 Å². The fourth-order valence-electron chi connectivity index (χ4n) is 1.25. The smallest absolute Gasteiger partial charge is 0.0954 e. The van der Waals surface area contributed by atoms with Crippen molar-refractivity contribution in [3.05, 3.63) is 32.9 Å². The first-order valence-corrected chi connectivity index (χ1v) is 6.44. The van der Waals surface area contributed by atoms with Crippen LogP contribution < -0.4 is 0 Å². The second kappa shape index (κ2) is 4.45. The van der Waals surface area contributed by atoms with E-state index in [0.717, 1.165) is 16.7 Å². The van der Waals surface area contributed by atoms with Crippen LogP contribution in [0.5, 0.6) is 0 Å². The Kier molecular flexibility index (Phi) is 3.21. The molecule has 0 fully saturated rings. The minimum absolute atomic E-state index is 0.508. The molecule has 5 heteroatoms. The maximum absolute atomic E-state index is 4.56. The van der Waals surface area contributed by atoms with Crippen LogP contribution in [0.1, 0.15) is 30.5 Å². The van der Waals surface area contributed by atoms with E-state index in [-0.39, 0.29) is 0 Å². The molecule has 2 rings (SSSR count). The van der Waals surface area contributed by atoms with E-state index in [9.17, 15) is 0 Å². The standard InChI is InChI=1S/C10H12BrN3S/c1-7(2)10-13-9(6-15-10)5-14-4-8(11)3-12-14/h3-4,6-7H,5H2,1-2H3. The second-order valence-corrected chi connectivity index (χ2v) is 5.49. The van der Waals surface area contributed by atoms with Gasteiger partial charge in [0.1, 0.15) is 0 Å². The number of aromatic nitrogens is 3. The van der Waals surface area contributed by atoms with Crippen molar-refractivity contribution < 1.29 is 0 Å². The van der Waals surface area contributed by atoms with E-state index in [1.165, 1.54) is 5.01 Å². The number of nitrogens with zero attached hydrogens (tertiary/aromatic N) is 3. The van der Waals surface area contributed by atoms with Crippen molar-refractivity contribution in [1.82, 2.24) is 14.8 Å². The number of hydrogen-bond donors (Lipinski definition) is 0. The van der Waals surface area contributed by atoms with Crippen LogP contribution in [0.15, 0.2) is 22.2 Å². The molecule has 0 unspecified atom stereocenters. The van der Waals surface area contributed by atoms with Gasteiger partial charge in [0.05, 0.1) is 27.9 Å². The van der Waals surface area contributed by atoms with Crippen LogP contribution in [0.25, 0.3) is 0 Å². The highest BCUT2D eigenvalue weighted by Gasteiger charge is 2.06. The lowest BCUT2D eigenvalue weighted by Crippen LogP contribution is -2.00. The molecule has 0 radical (unpaired) electrons. The molecule has 0 saturated carbocycles. The van der Waals surface area contributed by atoms with Crippen molar-refractivity contribution in [2.75, 3.05) is 0 Å². The van der Waals surface area contributed by atoms with Crippen LogP contribution in [-0.4, -0.2) is 14.8 Å². The third-order valence-corrected chi connectivity index (χ3v) is 3.59. The van der Waals surface area contributed by atoms with E-state index in [0.29, 0.717) is 5.92 Å². The Labute approximate surface area is 101 Å². The average molecular weight is 286 g/mol. The Morgan fingerprint density at radius 3 is 2.87 bits per heavy atom. The summed E-state index contributed by atoms with van der Waals surface area (Å²) in [6.45, 7) is 5.06. The first-order valence-electron chi connectivity index (χ1n) is 4.77. The molecule has 0 saturated heterocycles. The first kappa shape index (κ1) is 10.8. The Bertz CT molecular complexity index is 447. The molecule has 2 aromatic heterocycles. The molecule has 0 aliphatic carbocycles. The lowest BCUT2D eigenvalue weighted by atomic mass is 10.2. The molecule has 0 bridgehead atoms. The predicted molar refractivity (Wildman–Crippen MR) is 65.2 cm³/mol. The van der Waals surface area contributed by atoms with E-state index in [4.69, 9.17) is 0 Å². The van der Waals surface area contributed by atoms with Gasteiger partial charge in [-0.2, -0.15) is 5.10 Å². The van der Waals surface area contributed by atoms with E-state index >= 15 is 0 Å². The van der Waals surface area contributed by atoms with Gasteiger partial charge >= 0.3 is 0 Å². The molecule has 0 aliphatic heterocycles. The summed E-state index contributed by atoms with van der Waals surface area (Å²) < 4.78 is 2.88. The second-order valence-electron chi connectivity index (χ2n) is 3.69. The van der Waals surface area contributed by atoms with Gasteiger partial charge < -0.3 is 0 Å². The topological polar surface area (TPSA) is 30.7 Å². The molecule has 0 aliphatic rings. The summed E-state index contributed by atoms with van der Waals surface area (Å²) in [6, 6.07) is 0. The van der Waals surface area contributed by atoms with Crippen LogP contribution in [0.3, 0.4) is 0 Å². The molecular formula is C10H12BrN3S. The van der Waals surface area contributed by atoms with Crippen LogP contribution >= 0.6 is 27.3 Å². The highest BCUT2D eigenvalue weighted by Crippen LogP contribution is 2.19. The fraction of sp³-hybridized carbons (Fsp3) is 0.400. The monoisotopic (exact) mass is 285 g/mol. The van der Waals surface area contributed by atoms with Crippen LogP contribution in [-0.2, 0) is 6.54 Å². The molecule has 80 valence electrons. The molecule has 0 spiro atoms. The van der Waals surface area contributed by atoms with Crippen LogP contribution in [0.2, 0.25) is 0 Å². The summed E-state index contributed by atoms with van der Waals surface area (Å²) in [5.74, 6) is 0.508. The van der Waals surface area contributed by atoms with Gasteiger partial charge in [-0.25, -0.2) is 4.98 Å². The number of thiazole rings is 1. The third-order valence-electron chi connectivity index (χ3n) is 1.99. The van der Waals surface area contributed by atoms with E-state index in [1.807, 2.05) is 10.9 Å². The van der Waals surface area contributed by atoms with Gasteiger partial charge in [0.15, 0.2) is 0 Å². The Balaban J connectivity index is 2.11. The zero-order chi connectivity index (χ0) is 10.8. The van der Waals surface area contributed by atoms with Crippen molar-refractivity contribution in [2.24, 2.45) is 0 Å². The summed E-state index contributed by atoms with van der Waals surface area (Å²) in [7, 11) is 0. The zero-order valence-electron chi connectivity index (χ0n) is 8.64. The maximum Gasteiger partial charge on any atom is 0.0954 e. The van der Waals surface area contributed by atoms with Crippen LogP contribution in [0.4, 0.5) is 0 Å².